The summed E-state index contributed by atoms with van der Waals surface area (Å²) < 4.78 is 15.0. The second-order valence-corrected chi connectivity index (χ2v) is 5.91. The summed E-state index contributed by atoms with van der Waals surface area (Å²) in [5, 5.41) is 3.26. The molecule has 0 aliphatic carbocycles. The molecule has 18 heavy (non-hydrogen) atoms. The van der Waals surface area contributed by atoms with Crippen molar-refractivity contribution in [3.63, 3.8) is 0 Å². The van der Waals surface area contributed by atoms with Crippen molar-refractivity contribution in [3.8, 4) is 0 Å². The minimum atomic E-state index is -0.168. The molecule has 0 aromatic heterocycles. The van der Waals surface area contributed by atoms with Crippen LogP contribution in [0.1, 0.15) is 31.9 Å². The summed E-state index contributed by atoms with van der Waals surface area (Å²) in [5.74, 6) is -0.168. The van der Waals surface area contributed by atoms with E-state index in [9.17, 15) is 4.39 Å². The number of nitrogens with zero attached hydrogens (tertiary/aromatic N) is 1. The molecule has 0 radical (unpaired) electrons. The van der Waals surface area contributed by atoms with Crippen molar-refractivity contribution in [3.05, 3.63) is 34.1 Å². The highest BCUT2D eigenvalue weighted by Gasteiger charge is 2.36. The van der Waals surface area contributed by atoms with Crippen LogP contribution in [0.2, 0.25) is 0 Å². The Hall–Kier alpha value is -0.450. The molecule has 1 rings (SSSR count). The molecule has 0 saturated carbocycles. The zero-order valence-electron chi connectivity index (χ0n) is 11.7. The normalized spacial score (nSPS) is 16.7. The quantitative estimate of drug-likeness (QED) is 0.893. The summed E-state index contributed by atoms with van der Waals surface area (Å²) in [6, 6.07) is 5.03. The van der Waals surface area contributed by atoms with Gasteiger partial charge in [-0.25, -0.2) is 4.39 Å². The molecule has 0 saturated heterocycles. The molecule has 0 heterocycles. The Morgan fingerprint density at radius 1 is 1.44 bits per heavy atom. The van der Waals surface area contributed by atoms with E-state index in [1.807, 2.05) is 27.2 Å². The highest BCUT2D eigenvalue weighted by molar-refractivity contribution is 9.10. The van der Waals surface area contributed by atoms with Crippen LogP contribution in [0.4, 0.5) is 4.39 Å². The van der Waals surface area contributed by atoms with Gasteiger partial charge in [-0.15, -0.1) is 0 Å². The van der Waals surface area contributed by atoms with Crippen LogP contribution in [0.25, 0.3) is 0 Å². The summed E-state index contributed by atoms with van der Waals surface area (Å²) in [4.78, 5) is 2.15. The van der Waals surface area contributed by atoms with E-state index in [2.05, 4.69) is 40.0 Å². The standard InChI is InChI=1S/C14H22BrFN2/c1-6-14(2,18(4)5)13(17-3)11-9-10(15)7-8-12(11)16/h7-9,13,17H,6H2,1-5H3. The number of nitrogens with one attached hydrogen (secondary N) is 1. The second kappa shape index (κ2) is 6.13. The second-order valence-electron chi connectivity index (χ2n) is 4.99. The van der Waals surface area contributed by atoms with Crippen LogP contribution < -0.4 is 5.32 Å². The SMILES string of the molecule is CCC(C)(C(NC)c1cc(Br)ccc1F)N(C)C. The van der Waals surface area contributed by atoms with Crippen LogP contribution in [0, 0.1) is 5.82 Å². The van der Waals surface area contributed by atoms with Gasteiger partial charge in [-0.05, 0) is 52.7 Å². The molecule has 0 aliphatic rings. The van der Waals surface area contributed by atoms with E-state index in [1.165, 1.54) is 6.07 Å². The summed E-state index contributed by atoms with van der Waals surface area (Å²) in [6.07, 6.45) is 0.928. The lowest BCUT2D eigenvalue weighted by atomic mass is 9.83. The number of hydrogen-bond acceptors (Lipinski definition) is 2. The van der Waals surface area contributed by atoms with Gasteiger partial charge >= 0.3 is 0 Å². The number of halogens is 2. The predicted octanol–water partition coefficient (Wildman–Crippen LogP) is 3.58. The number of likely N-dealkylation sites (N-methyl/N-ethyl adjacent to an activating group) is 2. The summed E-state index contributed by atoms with van der Waals surface area (Å²) in [5.41, 5.74) is 0.557. The molecule has 1 N–H and O–H groups in total. The van der Waals surface area contributed by atoms with Crippen molar-refractivity contribution in [1.29, 1.82) is 0 Å². The van der Waals surface area contributed by atoms with Crippen molar-refractivity contribution < 1.29 is 4.39 Å². The fourth-order valence-electron chi connectivity index (χ4n) is 2.32. The van der Waals surface area contributed by atoms with Crippen molar-refractivity contribution in [2.45, 2.75) is 31.8 Å². The minimum absolute atomic E-state index is 0.0602. The summed E-state index contributed by atoms with van der Waals surface area (Å²) in [7, 11) is 5.94. The van der Waals surface area contributed by atoms with Gasteiger partial charge in [0, 0.05) is 15.6 Å². The number of rotatable bonds is 5. The Kier molecular flexibility index (Phi) is 5.32. The van der Waals surface area contributed by atoms with Gasteiger partial charge in [0.25, 0.3) is 0 Å². The van der Waals surface area contributed by atoms with Crippen molar-refractivity contribution >= 4 is 15.9 Å². The largest absolute Gasteiger partial charge is 0.311 e. The van der Waals surface area contributed by atoms with Crippen LogP contribution in [0.5, 0.6) is 0 Å². The molecule has 0 amide bonds. The van der Waals surface area contributed by atoms with Crippen molar-refractivity contribution in [2.24, 2.45) is 0 Å². The summed E-state index contributed by atoms with van der Waals surface area (Å²) >= 11 is 3.41. The maximum atomic E-state index is 14.1. The van der Waals surface area contributed by atoms with Gasteiger partial charge < -0.3 is 10.2 Å². The zero-order valence-corrected chi connectivity index (χ0v) is 13.3. The monoisotopic (exact) mass is 316 g/mol. The average molecular weight is 317 g/mol. The van der Waals surface area contributed by atoms with Gasteiger partial charge in [-0.1, -0.05) is 22.9 Å². The Morgan fingerprint density at radius 2 is 2.06 bits per heavy atom. The predicted molar refractivity (Wildman–Crippen MR) is 78.3 cm³/mol. The maximum Gasteiger partial charge on any atom is 0.128 e. The van der Waals surface area contributed by atoms with Crippen molar-refractivity contribution in [2.75, 3.05) is 21.1 Å². The fraction of sp³-hybridized carbons (Fsp3) is 0.571. The third-order valence-electron chi connectivity index (χ3n) is 3.92. The lowest BCUT2D eigenvalue weighted by molar-refractivity contribution is 0.115. The molecular formula is C14H22BrFN2. The molecule has 0 fully saturated rings. The first-order chi connectivity index (χ1) is 8.36. The number of hydrogen-bond donors (Lipinski definition) is 1. The van der Waals surface area contributed by atoms with Gasteiger partial charge in [-0.3, -0.25) is 0 Å². The van der Waals surface area contributed by atoms with Crippen LogP contribution in [-0.2, 0) is 0 Å². The van der Waals surface area contributed by atoms with Crippen LogP contribution in [0.15, 0.2) is 22.7 Å². The highest BCUT2D eigenvalue weighted by Crippen LogP contribution is 2.34. The van der Waals surface area contributed by atoms with E-state index >= 15 is 0 Å². The first kappa shape index (κ1) is 15.6. The molecule has 1 aromatic rings. The van der Waals surface area contributed by atoms with Gasteiger partial charge in [0.1, 0.15) is 5.82 Å². The third-order valence-corrected chi connectivity index (χ3v) is 4.41. The van der Waals surface area contributed by atoms with Crippen LogP contribution >= 0.6 is 15.9 Å². The van der Waals surface area contributed by atoms with Gasteiger partial charge in [0.05, 0.1) is 6.04 Å². The molecular weight excluding hydrogens is 295 g/mol. The molecule has 2 unspecified atom stereocenters. The van der Waals surface area contributed by atoms with Crippen LogP contribution in [0.3, 0.4) is 0 Å². The first-order valence-electron chi connectivity index (χ1n) is 6.16. The highest BCUT2D eigenvalue weighted by atomic mass is 79.9. The lowest BCUT2D eigenvalue weighted by Crippen LogP contribution is -2.50. The smallest absolute Gasteiger partial charge is 0.128 e. The molecule has 0 bridgehead atoms. The van der Waals surface area contributed by atoms with E-state index in [4.69, 9.17) is 0 Å². The lowest BCUT2D eigenvalue weighted by Gasteiger charge is -2.43. The van der Waals surface area contributed by atoms with Crippen molar-refractivity contribution in [1.82, 2.24) is 10.2 Å². The van der Waals surface area contributed by atoms with Gasteiger partial charge in [0.15, 0.2) is 0 Å². The topological polar surface area (TPSA) is 15.3 Å². The maximum absolute atomic E-state index is 14.1. The average Bonchev–Trinajstić information content (AvgIpc) is 2.33. The van der Waals surface area contributed by atoms with Gasteiger partial charge in [-0.2, -0.15) is 0 Å². The minimum Gasteiger partial charge on any atom is -0.311 e. The Labute approximate surface area is 118 Å². The number of benzene rings is 1. The molecule has 1 aromatic carbocycles. The molecule has 4 heteroatoms. The molecule has 102 valence electrons. The molecule has 2 nitrogen and oxygen atoms in total. The Morgan fingerprint density at radius 3 is 2.50 bits per heavy atom. The third kappa shape index (κ3) is 2.92. The summed E-state index contributed by atoms with van der Waals surface area (Å²) in [6.45, 7) is 4.27. The molecule has 0 spiro atoms. The molecule has 2 atom stereocenters. The van der Waals surface area contributed by atoms with E-state index in [0.717, 1.165) is 10.9 Å². The van der Waals surface area contributed by atoms with E-state index < -0.39 is 0 Å². The molecule has 0 aliphatic heterocycles. The van der Waals surface area contributed by atoms with E-state index in [0.29, 0.717) is 5.56 Å². The fourth-order valence-corrected chi connectivity index (χ4v) is 2.69. The Balaban J connectivity index is 3.28. The van der Waals surface area contributed by atoms with Crippen LogP contribution in [-0.4, -0.2) is 31.6 Å². The first-order valence-corrected chi connectivity index (χ1v) is 6.95. The zero-order chi connectivity index (χ0) is 13.9. The van der Waals surface area contributed by atoms with E-state index in [1.54, 1.807) is 6.07 Å². The Bertz CT molecular complexity index is 409. The van der Waals surface area contributed by atoms with Gasteiger partial charge in [0.2, 0.25) is 0 Å². The van der Waals surface area contributed by atoms with E-state index in [-0.39, 0.29) is 17.4 Å².